The Morgan fingerprint density at radius 3 is 2.67 bits per heavy atom. The van der Waals surface area contributed by atoms with Crippen molar-refractivity contribution in [2.45, 2.75) is 31.7 Å². The van der Waals surface area contributed by atoms with Crippen LogP contribution >= 0.6 is 15.9 Å². The average Bonchev–Trinajstić information content (AvgIpc) is 2.97. The van der Waals surface area contributed by atoms with Crippen molar-refractivity contribution in [1.29, 1.82) is 0 Å². The first-order valence-electron chi connectivity index (χ1n) is 7.67. The zero-order valence-electron chi connectivity index (χ0n) is 12.1. The van der Waals surface area contributed by atoms with E-state index in [1.807, 2.05) is 4.90 Å². The van der Waals surface area contributed by atoms with Gasteiger partial charge in [0.1, 0.15) is 5.75 Å². The van der Waals surface area contributed by atoms with Crippen molar-refractivity contribution in [1.82, 2.24) is 9.80 Å². The lowest BCUT2D eigenvalue weighted by atomic mass is 10.1. The van der Waals surface area contributed by atoms with Crippen LogP contribution in [0.1, 0.15) is 36.0 Å². The molecule has 0 aromatic heterocycles. The Bertz CT molecular complexity index is 529. The number of phenols is 1. The molecule has 2 fully saturated rings. The Morgan fingerprint density at radius 2 is 1.95 bits per heavy atom. The molecular formula is C16H21BrN2O2. The molecule has 0 aliphatic carbocycles. The first-order valence-corrected chi connectivity index (χ1v) is 8.46. The quantitative estimate of drug-likeness (QED) is 0.889. The Labute approximate surface area is 133 Å². The molecule has 2 saturated heterocycles. The molecule has 1 aromatic rings. The lowest BCUT2D eigenvalue weighted by Crippen LogP contribution is -2.41. The summed E-state index contributed by atoms with van der Waals surface area (Å²) < 4.78 is 0.782. The van der Waals surface area contributed by atoms with E-state index in [0.29, 0.717) is 11.6 Å². The summed E-state index contributed by atoms with van der Waals surface area (Å²) >= 11 is 3.30. The van der Waals surface area contributed by atoms with Crippen LogP contribution < -0.4 is 0 Å². The Morgan fingerprint density at radius 1 is 1.19 bits per heavy atom. The monoisotopic (exact) mass is 352 g/mol. The smallest absolute Gasteiger partial charge is 0.257 e. The molecule has 0 spiro atoms. The van der Waals surface area contributed by atoms with Crippen molar-refractivity contribution >= 4 is 21.8 Å². The second-order valence-corrected chi connectivity index (χ2v) is 6.87. The molecule has 5 heteroatoms. The maximum absolute atomic E-state index is 12.5. The number of piperidine rings is 1. The van der Waals surface area contributed by atoms with Crippen molar-refractivity contribution in [3.8, 4) is 5.75 Å². The normalized spacial score (nSPS) is 23.5. The lowest BCUT2D eigenvalue weighted by molar-refractivity contribution is 0.0768. The molecule has 114 valence electrons. The summed E-state index contributed by atoms with van der Waals surface area (Å²) in [7, 11) is 0. The number of rotatable bonds is 2. The summed E-state index contributed by atoms with van der Waals surface area (Å²) in [6, 6.07) is 5.55. The number of benzene rings is 1. The number of halogens is 1. The molecule has 2 heterocycles. The third-order valence-electron chi connectivity index (χ3n) is 4.55. The molecule has 1 unspecified atom stereocenters. The van der Waals surface area contributed by atoms with Crippen LogP contribution in [0.2, 0.25) is 0 Å². The van der Waals surface area contributed by atoms with Gasteiger partial charge in [0.15, 0.2) is 0 Å². The lowest BCUT2D eigenvalue weighted by Gasteiger charge is -2.32. The van der Waals surface area contributed by atoms with Crippen LogP contribution in [0.4, 0.5) is 0 Å². The molecule has 3 rings (SSSR count). The van der Waals surface area contributed by atoms with E-state index in [4.69, 9.17) is 0 Å². The molecule has 1 atom stereocenters. The van der Waals surface area contributed by atoms with Gasteiger partial charge in [0.05, 0.1) is 5.56 Å². The molecule has 2 aliphatic heterocycles. The predicted molar refractivity (Wildman–Crippen MR) is 85.5 cm³/mol. The highest BCUT2D eigenvalue weighted by atomic mass is 79.9. The van der Waals surface area contributed by atoms with E-state index in [0.717, 1.165) is 37.1 Å². The first-order chi connectivity index (χ1) is 10.1. The molecule has 0 radical (unpaired) electrons. The minimum Gasteiger partial charge on any atom is -0.507 e. The minimum absolute atomic E-state index is 0.0517. The fraction of sp³-hybridized carbons (Fsp3) is 0.562. The first kappa shape index (κ1) is 14.9. The molecule has 1 aromatic carbocycles. The third kappa shape index (κ3) is 3.24. The molecule has 0 saturated carbocycles. The van der Waals surface area contributed by atoms with Crippen LogP contribution in [0.25, 0.3) is 0 Å². The van der Waals surface area contributed by atoms with Gasteiger partial charge in [0.25, 0.3) is 5.91 Å². The van der Waals surface area contributed by atoms with Gasteiger partial charge in [-0.3, -0.25) is 9.69 Å². The molecule has 2 aliphatic rings. The molecule has 1 N–H and O–H groups in total. The van der Waals surface area contributed by atoms with Crippen molar-refractivity contribution < 1.29 is 9.90 Å². The number of hydrogen-bond acceptors (Lipinski definition) is 3. The molecular weight excluding hydrogens is 332 g/mol. The zero-order valence-corrected chi connectivity index (χ0v) is 13.7. The van der Waals surface area contributed by atoms with Gasteiger partial charge in [-0.1, -0.05) is 22.4 Å². The number of phenolic OH excluding ortho intramolecular Hbond substituents is 1. The number of aromatic hydroxyl groups is 1. The maximum Gasteiger partial charge on any atom is 0.257 e. The molecule has 1 amide bonds. The predicted octanol–water partition coefficient (Wildman–Crippen LogP) is 2.86. The van der Waals surface area contributed by atoms with E-state index in [1.54, 1.807) is 18.2 Å². The third-order valence-corrected chi connectivity index (χ3v) is 5.04. The second-order valence-electron chi connectivity index (χ2n) is 5.95. The van der Waals surface area contributed by atoms with Gasteiger partial charge in [-0.05, 0) is 50.6 Å². The van der Waals surface area contributed by atoms with Gasteiger partial charge in [-0.25, -0.2) is 0 Å². The minimum atomic E-state index is -0.0560. The van der Waals surface area contributed by atoms with Gasteiger partial charge in [0.2, 0.25) is 0 Å². The highest BCUT2D eigenvalue weighted by Crippen LogP contribution is 2.26. The van der Waals surface area contributed by atoms with Crippen LogP contribution in [-0.4, -0.2) is 53.0 Å². The van der Waals surface area contributed by atoms with Gasteiger partial charge in [-0.2, -0.15) is 0 Å². The van der Waals surface area contributed by atoms with Crippen LogP contribution in [0.5, 0.6) is 5.75 Å². The fourth-order valence-electron chi connectivity index (χ4n) is 3.36. The Balaban J connectivity index is 1.66. The maximum atomic E-state index is 12.5. The summed E-state index contributed by atoms with van der Waals surface area (Å²) in [4.78, 5) is 16.9. The number of carbonyl (C=O) groups excluding carboxylic acids is 1. The van der Waals surface area contributed by atoms with E-state index in [-0.39, 0.29) is 11.7 Å². The van der Waals surface area contributed by atoms with Crippen molar-refractivity contribution in [2.24, 2.45) is 0 Å². The van der Waals surface area contributed by atoms with Crippen LogP contribution in [0.3, 0.4) is 0 Å². The second kappa shape index (κ2) is 6.36. The summed E-state index contributed by atoms with van der Waals surface area (Å²) in [5, 5.41) is 9.95. The zero-order chi connectivity index (χ0) is 14.8. The highest BCUT2D eigenvalue weighted by molar-refractivity contribution is 9.10. The van der Waals surface area contributed by atoms with Crippen molar-refractivity contribution in [3.63, 3.8) is 0 Å². The van der Waals surface area contributed by atoms with E-state index >= 15 is 0 Å². The Hall–Kier alpha value is -1.07. The average molecular weight is 353 g/mol. The van der Waals surface area contributed by atoms with Gasteiger partial charge in [-0.15, -0.1) is 0 Å². The van der Waals surface area contributed by atoms with E-state index < -0.39 is 0 Å². The Kier molecular flexibility index (Phi) is 4.50. The van der Waals surface area contributed by atoms with E-state index in [1.165, 1.54) is 19.3 Å². The number of nitrogens with zero attached hydrogens (tertiary/aromatic N) is 2. The highest BCUT2D eigenvalue weighted by Gasteiger charge is 2.32. The van der Waals surface area contributed by atoms with Crippen molar-refractivity contribution in [3.05, 3.63) is 28.2 Å². The van der Waals surface area contributed by atoms with Crippen LogP contribution in [0, 0.1) is 0 Å². The SMILES string of the molecule is O=C(c1ccc(Br)cc1O)N1CCC(N2CCCCC2)C1. The van der Waals surface area contributed by atoms with Gasteiger partial charge < -0.3 is 10.0 Å². The largest absolute Gasteiger partial charge is 0.507 e. The summed E-state index contributed by atoms with van der Waals surface area (Å²) in [5.41, 5.74) is 0.400. The number of amides is 1. The number of carbonyl (C=O) groups is 1. The van der Waals surface area contributed by atoms with Gasteiger partial charge in [0, 0.05) is 23.6 Å². The molecule has 0 bridgehead atoms. The molecule has 4 nitrogen and oxygen atoms in total. The fourth-order valence-corrected chi connectivity index (χ4v) is 3.71. The summed E-state index contributed by atoms with van der Waals surface area (Å²) in [5.74, 6) is -0.00435. The van der Waals surface area contributed by atoms with E-state index in [9.17, 15) is 9.90 Å². The van der Waals surface area contributed by atoms with E-state index in [2.05, 4.69) is 20.8 Å². The van der Waals surface area contributed by atoms with Crippen LogP contribution in [0.15, 0.2) is 22.7 Å². The van der Waals surface area contributed by atoms with Crippen LogP contribution in [-0.2, 0) is 0 Å². The van der Waals surface area contributed by atoms with Crippen molar-refractivity contribution in [2.75, 3.05) is 26.2 Å². The number of likely N-dealkylation sites (tertiary alicyclic amines) is 2. The topological polar surface area (TPSA) is 43.8 Å². The van der Waals surface area contributed by atoms with Gasteiger partial charge >= 0.3 is 0 Å². The summed E-state index contributed by atoms with van der Waals surface area (Å²) in [6.07, 6.45) is 4.93. The molecule has 21 heavy (non-hydrogen) atoms. The summed E-state index contributed by atoms with van der Waals surface area (Å²) in [6.45, 7) is 3.90. The standard InChI is InChI=1S/C16H21BrN2O2/c17-12-4-5-14(15(20)10-12)16(21)19-9-6-13(11-19)18-7-2-1-3-8-18/h4-5,10,13,20H,1-3,6-9,11H2. The number of hydrogen-bond donors (Lipinski definition) is 1.